The van der Waals surface area contributed by atoms with Gasteiger partial charge in [0.2, 0.25) is 0 Å². The Bertz CT molecular complexity index is 603. The van der Waals surface area contributed by atoms with Crippen LogP contribution < -0.4 is 5.32 Å². The van der Waals surface area contributed by atoms with Crippen molar-refractivity contribution in [3.05, 3.63) is 38.5 Å². The fraction of sp³-hybridized carbons (Fsp3) is 0.500. The molecule has 0 saturated heterocycles. The third-order valence-corrected chi connectivity index (χ3v) is 5.67. The molecule has 0 bridgehead atoms. The zero-order valence-electron chi connectivity index (χ0n) is 12.7. The van der Waals surface area contributed by atoms with Crippen molar-refractivity contribution < 1.29 is 4.79 Å². The molecule has 1 saturated carbocycles. The number of nitrogens with one attached hydrogen (secondary N) is 1. The third kappa shape index (κ3) is 3.87. The zero-order valence-corrected chi connectivity index (χ0v) is 14.4. The normalized spacial score (nSPS) is 15.1. The van der Waals surface area contributed by atoms with Crippen LogP contribution in [0.5, 0.6) is 0 Å². The Labute approximate surface area is 139 Å². The molecular weight excluding hydrogens is 314 g/mol. The second-order valence-corrected chi connectivity index (χ2v) is 7.81. The number of carbonyl (C=O) groups excluding carboxylic acids is 1. The summed E-state index contributed by atoms with van der Waals surface area (Å²) in [5, 5.41) is 5.00. The SMILES string of the molecule is Cc1ccc(CN(C(=O)NCc2cscn2)C2CCCC2)s1. The summed E-state index contributed by atoms with van der Waals surface area (Å²) in [6.07, 6.45) is 4.69. The van der Waals surface area contributed by atoms with Crippen molar-refractivity contribution >= 4 is 28.7 Å². The summed E-state index contributed by atoms with van der Waals surface area (Å²) < 4.78 is 0. The van der Waals surface area contributed by atoms with Crippen LogP contribution in [0.25, 0.3) is 0 Å². The number of hydrogen-bond donors (Lipinski definition) is 1. The first-order chi connectivity index (χ1) is 10.7. The number of nitrogens with zero attached hydrogens (tertiary/aromatic N) is 2. The maximum absolute atomic E-state index is 12.6. The summed E-state index contributed by atoms with van der Waals surface area (Å²) >= 11 is 3.33. The first kappa shape index (κ1) is 15.5. The third-order valence-electron chi connectivity index (χ3n) is 4.05. The van der Waals surface area contributed by atoms with Crippen LogP contribution in [-0.2, 0) is 13.1 Å². The largest absolute Gasteiger partial charge is 0.332 e. The van der Waals surface area contributed by atoms with Crippen molar-refractivity contribution in [2.45, 2.75) is 51.7 Å². The fourth-order valence-corrected chi connectivity index (χ4v) is 4.36. The van der Waals surface area contributed by atoms with E-state index in [-0.39, 0.29) is 6.03 Å². The number of amides is 2. The van der Waals surface area contributed by atoms with E-state index in [1.165, 1.54) is 22.6 Å². The Hall–Kier alpha value is -1.40. The molecule has 0 atom stereocenters. The van der Waals surface area contributed by atoms with Gasteiger partial charge in [-0.05, 0) is 31.9 Å². The molecule has 22 heavy (non-hydrogen) atoms. The van der Waals surface area contributed by atoms with Crippen molar-refractivity contribution in [3.8, 4) is 0 Å². The first-order valence-corrected chi connectivity index (χ1v) is 9.45. The number of thiophene rings is 1. The molecule has 2 heterocycles. The Morgan fingerprint density at radius 1 is 1.41 bits per heavy atom. The average molecular weight is 335 g/mol. The fourth-order valence-electron chi connectivity index (χ4n) is 2.91. The highest BCUT2D eigenvalue weighted by Gasteiger charge is 2.27. The monoisotopic (exact) mass is 335 g/mol. The van der Waals surface area contributed by atoms with Gasteiger partial charge >= 0.3 is 6.03 Å². The minimum atomic E-state index is 0.0333. The highest BCUT2D eigenvalue weighted by molar-refractivity contribution is 7.11. The second-order valence-electron chi connectivity index (χ2n) is 5.72. The molecule has 1 aliphatic carbocycles. The molecule has 6 heteroatoms. The van der Waals surface area contributed by atoms with E-state index in [0.29, 0.717) is 19.1 Å². The molecule has 0 aliphatic heterocycles. The van der Waals surface area contributed by atoms with Gasteiger partial charge in [-0.25, -0.2) is 9.78 Å². The molecule has 1 fully saturated rings. The predicted molar refractivity (Wildman–Crippen MR) is 91.2 cm³/mol. The van der Waals surface area contributed by atoms with Gasteiger partial charge in [0.1, 0.15) is 0 Å². The van der Waals surface area contributed by atoms with Gasteiger partial charge in [-0.3, -0.25) is 0 Å². The minimum Gasteiger partial charge on any atom is -0.332 e. The van der Waals surface area contributed by atoms with Crippen LogP contribution in [0, 0.1) is 6.92 Å². The van der Waals surface area contributed by atoms with Gasteiger partial charge in [0, 0.05) is 21.2 Å². The first-order valence-electron chi connectivity index (χ1n) is 7.69. The topological polar surface area (TPSA) is 45.2 Å². The lowest BCUT2D eigenvalue weighted by atomic mass is 10.2. The zero-order chi connectivity index (χ0) is 15.4. The Morgan fingerprint density at radius 2 is 2.23 bits per heavy atom. The van der Waals surface area contributed by atoms with Crippen LogP contribution in [0.3, 0.4) is 0 Å². The number of rotatable bonds is 5. The van der Waals surface area contributed by atoms with Gasteiger partial charge in [-0.2, -0.15) is 0 Å². The quantitative estimate of drug-likeness (QED) is 0.891. The standard InChI is InChI=1S/C16H21N3OS2/c1-12-6-7-15(22-12)9-19(14-4-2-3-5-14)16(20)17-8-13-10-21-11-18-13/h6-7,10-11,14H,2-5,8-9H2,1H3,(H,17,20). The summed E-state index contributed by atoms with van der Waals surface area (Å²) in [6, 6.07) is 4.67. The van der Waals surface area contributed by atoms with Crippen LogP contribution >= 0.6 is 22.7 Å². The van der Waals surface area contributed by atoms with Gasteiger partial charge in [0.15, 0.2) is 0 Å². The molecule has 0 aromatic carbocycles. The summed E-state index contributed by atoms with van der Waals surface area (Å²) in [5.74, 6) is 0. The molecular formula is C16H21N3OS2. The summed E-state index contributed by atoms with van der Waals surface area (Å²) in [4.78, 5) is 21.4. The average Bonchev–Trinajstić information content (AvgIpc) is 3.25. The number of hydrogen-bond acceptors (Lipinski definition) is 4. The van der Waals surface area contributed by atoms with Gasteiger partial charge in [0.05, 0.1) is 24.3 Å². The van der Waals surface area contributed by atoms with Gasteiger partial charge < -0.3 is 10.2 Å². The van der Waals surface area contributed by atoms with Crippen molar-refractivity contribution in [1.29, 1.82) is 0 Å². The van der Waals surface area contributed by atoms with Crippen molar-refractivity contribution in [1.82, 2.24) is 15.2 Å². The highest BCUT2D eigenvalue weighted by atomic mass is 32.1. The van der Waals surface area contributed by atoms with E-state index in [9.17, 15) is 4.79 Å². The second kappa shape index (κ2) is 7.24. The van der Waals surface area contributed by atoms with Gasteiger partial charge in [0.25, 0.3) is 0 Å². The van der Waals surface area contributed by atoms with E-state index in [4.69, 9.17) is 0 Å². The maximum Gasteiger partial charge on any atom is 0.318 e. The molecule has 0 unspecified atom stereocenters. The number of aromatic nitrogens is 1. The van der Waals surface area contributed by atoms with E-state index < -0.39 is 0 Å². The Kier molecular flexibility index (Phi) is 5.10. The summed E-state index contributed by atoms with van der Waals surface area (Å²) in [7, 11) is 0. The van der Waals surface area contributed by atoms with Crippen LogP contribution in [0.1, 0.15) is 41.1 Å². The Morgan fingerprint density at radius 3 is 2.86 bits per heavy atom. The molecule has 0 spiro atoms. The molecule has 2 aromatic heterocycles. The van der Waals surface area contributed by atoms with E-state index in [1.54, 1.807) is 28.2 Å². The van der Waals surface area contributed by atoms with Crippen LogP contribution in [0.2, 0.25) is 0 Å². The highest BCUT2D eigenvalue weighted by Crippen LogP contribution is 2.27. The molecule has 1 N–H and O–H groups in total. The molecule has 3 rings (SSSR count). The smallest absolute Gasteiger partial charge is 0.318 e. The van der Waals surface area contributed by atoms with Crippen LogP contribution in [-0.4, -0.2) is 22.0 Å². The predicted octanol–water partition coefficient (Wildman–Crippen LogP) is 4.17. The molecule has 1 aliphatic rings. The number of thiazole rings is 1. The Balaban J connectivity index is 1.65. The van der Waals surface area contributed by atoms with E-state index in [2.05, 4.69) is 29.4 Å². The van der Waals surface area contributed by atoms with E-state index >= 15 is 0 Å². The van der Waals surface area contributed by atoms with E-state index in [1.807, 2.05) is 10.3 Å². The van der Waals surface area contributed by atoms with Crippen molar-refractivity contribution in [2.75, 3.05) is 0 Å². The lowest BCUT2D eigenvalue weighted by Gasteiger charge is -2.28. The van der Waals surface area contributed by atoms with Gasteiger partial charge in [-0.15, -0.1) is 22.7 Å². The van der Waals surface area contributed by atoms with E-state index in [0.717, 1.165) is 18.5 Å². The minimum absolute atomic E-state index is 0.0333. The van der Waals surface area contributed by atoms with Crippen molar-refractivity contribution in [2.24, 2.45) is 0 Å². The van der Waals surface area contributed by atoms with Crippen molar-refractivity contribution in [3.63, 3.8) is 0 Å². The van der Waals surface area contributed by atoms with Gasteiger partial charge in [-0.1, -0.05) is 12.8 Å². The maximum atomic E-state index is 12.6. The molecule has 2 amide bonds. The lowest BCUT2D eigenvalue weighted by molar-refractivity contribution is 0.171. The number of aryl methyl sites for hydroxylation is 1. The summed E-state index contributed by atoms with van der Waals surface area (Å²) in [5.41, 5.74) is 2.72. The molecule has 4 nitrogen and oxygen atoms in total. The number of urea groups is 1. The lowest BCUT2D eigenvalue weighted by Crippen LogP contribution is -2.44. The molecule has 2 aromatic rings. The van der Waals surface area contributed by atoms with Crippen LogP contribution in [0.15, 0.2) is 23.0 Å². The molecule has 118 valence electrons. The number of carbonyl (C=O) groups is 1. The van der Waals surface area contributed by atoms with Crippen LogP contribution in [0.4, 0.5) is 4.79 Å². The summed E-state index contributed by atoms with van der Waals surface area (Å²) in [6.45, 7) is 3.33. The molecule has 0 radical (unpaired) electrons.